The summed E-state index contributed by atoms with van der Waals surface area (Å²) in [6.07, 6.45) is 3.44. The summed E-state index contributed by atoms with van der Waals surface area (Å²) in [7, 11) is -13.7. The maximum atomic E-state index is 13.9. The second-order valence-electron chi connectivity index (χ2n) is 6.55. The number of primary amides is 1. The first-order chi connectivity index (χ1) is 14.8. The minimum absolute atomic E-state index is 0.0558. The minimum atomic E-state index is -7.25. The van der Waals surface area contributed by atoms with Gasteiger partial charge < -0.3 is 14.0 Å². The Bertz CT molecular complexity index is 1300. The molecule has 2 aromatic rings. The summed E-state index contributed by atoms with van der Waals surface area (Å²) in [5, 5.41) is -6.42. The summed E-state index contributed by atoms with van der Waals surface area (Å²) >= 11 is 0. The molecule has 0 radical (unpaired) electrons. The Morgan fingerprint density at radius 2 is 1.55 bits per heavy atom. The van der Waals surface area contributed by atoms with E-state index in [2.05, 4.69) is 9.92 Å². The summed E-state index contributed by atoms with van der Waals surface area (Å²) < 4.78 is 135. The maximum absolute atomic E-state index is 13.9. The van der Waals surface area contributed by atoms with Crippen molar-refractivity contribution in [2.75, 3.05) is 12.5 Å². The Labute approximate surface area is 186 Å². The summed E-state index contributed by atoms with van der Waals surface area (Å²) in [5.74, 6) is -17.2. The number of carbonyl (C=O) groups is 1. The van der Waals surface area contributed by atoms with Gasteiger partial charge in [-0.15, -0.1) is 0 Å². The number of hydrogen-bond acceptors (Lipinski definition) is 6. The van der Waals surface area contributed by atoms with E-state index in [9.17, 15) is 48.0 Å². The topological polar surface area (TPSA) is 135 Å². The Kier molecular flexibility index (Phi) is 6.97. The van der Waals surface area contributed by atoms with Crippen LogP contribution >= 0.6 is 0 Å². The predicted octanol–water partition coefficient (Wildman–Crippen LogP) is 2.75. The molecule has 8 nitrogen and oxygen atoms in total. The summed E-state index contributed by atoms with van der Waals surface area (Å²) in [5.41, 5.74) is 3.95. The second-order valence-corrected chi connectivity index (χ2v) is 11.7. The molecule has 0 aliphatic carbocycles. The molecule has 0 aliphatic rings. The number of carbonyl (C=O) groups excluding carboxylic acids is 1. The first-order valence-corrected chi connectivity index (χ1v) is 13.1. The number of rotatable bonds is 9. The smallest absolute Gasteiger partial charge is 0.396 e. The lowest BCUT2D eigenvalue weighted by Crippen LogP contribution is -2.62. The van der Waals surface area contributed by atoms with E-state index >= 15 is 0 Å². The highest BCUT2D eigenvalue weighted by Crippen LogP contribution is 2.50. The zero-order valence-corrected chi connectivity index (χ0v) is 18.9. The molecule has 2 N–H and O–H groups in total. The quantitative estimate of drug-likeness (QED) is 0.384. The van der Waals surface area contributed by atoms with Crippen LogP contribution in [0.4, 0.5) is 26.3 Å². The Balaban J connectivity index is 2.50. The lowest BCUT2D eigenvalue weighted by atomic mass is 10.1. The van der Waals surface area contributed by atoms with Crippen LogP contribution in [-0.4, -0.2) is 52.4 Å². The highest BCUT2D eigenvalue weighted by atomic mass is 32.3. The lowest BCUT2D eigenvalue weighted by molar-refractivity contribution is -0.267. The van der Waals surface area contributed by atoms with E-state index in [1.54, 1.807) is 28.8 Å². The van der Waals surface area contributed by atoms with Gasteiger partial charge in [0.05, 0.1) is 0 Å². The molecule has 0 aliphatic heterocycles. The number of fused-ring (bicyclic) bond motifs is 1. The van der Waals surface area contributed by atoms with Gasteiger partial charge in [-0.3, -0.25) is 4.79 Å². The summed E-state index contributed by atoms with van der Waals surface area (Å²) in [4.78, 5) is 11.0. The zero-order chi connectivity index (χ0) is 25.6. The number of halogens is 6. The highest BCUT2D eigenvalue weighted by Gasteiger charge is 2.78. The van der Waals surface area contributed by atoms with Crippen LogP contribution in [0.5, 0.6) is 5.75 Å². The van der Waals surface area contributed by atoms with Crippen LogP contribution in [-0.2, 0) is 36.0 Å². The van der Waals surface area contributed by atoms with Crippen molar-refractivity contribution >= 4 is 47.9 Å². The molecule has 0 bridgehead atoms. The third kappa shape index (κ3) is 4.85. The first-order valence-electron chi connectivity index (χ1n) is 8.24. The number of benzene rings is 2. The molecule has 184 valence electrons. The molecule has 0 fully saturated rings. The van der Waals surface area contributed by atoms with Crippen molar-refractivity contribution in [3.05, 3.63) is 40.5 Å². The molecular formula is C16H14F6N2O6S3. The van der Waals surface area contributed by atoms with Gasteiger partial charge in [-0.2, -0.15) is 26.3 Å². The molecule has 0 atom stereocenters. The van der Waals surface area contributed by atoms with Gasteiger partial charge in [0, 0.05) is 28.4 Å². The van der Waals surface area contributed by atoms with E-state index in [4.69, 9.17) is 0 Å². The number of alkyl halides is 6. The van der Waals surface area contributed by atoms with Gasteiger partial charge in [0.1, 0.15) is 12.5 Å². The molecule has 0 saturated carbocycles. The molecule has 1 amide bonds. The van der Waals surface area contributed by atoms with E-state index in [1.807, 2.05) is 0 Å². The van der Waals surface area contributed by atoms with E-state index in [0.717, 1.165) is 6.07 Å². The molecule has 2 aromatic carbocycles. The number of nitrogens with two attached hydrogens (primary N) is 1. The summed E-state index contributed by atoms with van der Waals surface area (Å²) in [6.45, 7) is 0. The molecule has 0 heterocycles. The van der Waals surface area contributed by atoms with Gasteiger partial charge >= 0.3 is 17.1 Å². The van der Waals surface area contributed by atoms with Gasteiger partial charge in [-0.05, 0) is 5.39 Å². The average molecular weight is 540 g/mol. The van der Waals surface area contributed by atoms with Crippen LogP contribution in [0.15, 0.2) is 41.3 Å². The average Bonchev–Trinajstić information content (AvgIpc) is 2.65. The molecule has 17 heteroatoms. The third-order valence-corrected chi connectivity index (χ3v) is 8.03. The molecule has 0 saturated heterocycles. The Morgan fingerprint density at radius 3 is 2.06 bits per heavy atom. The van der Waals surface area contributed by atoms with Crippen LogP contribution in [0.3, 0.4) is 0 Å². The predicted molar refractivity (Wildman–Crippen MR) is 107 cm³/mol. The number of hydrogen-bond donors (Lipinski definition) is 1. The van der Waals surface area contributed by atoms with Crippen LogP contribution in [0.2, 0.25) is 0 Å². The fourth-order valence-electron chi connectivity index (χ4n) is 2.35. The number of sulfonamides is 1. The van der Waals surface area contributed by atoms with Crippen molar-refractivity contribution in [2.24, 2.45) is 5.73 Å². The van der Waals surface area contributed by atoms with Crippen molar-refractivity contribution in [1.29, 1.82) is 0 Å². The van der Waals surface area contributed by atoms with E-state index in [1.165, 1.54) is 18.2 Å². The Hall–Kier alpha value is -2.24. The van der Waals surface area contributed by atoms with Crippen molar-refractivity contribution in [1.82, 2.24) is 0 Å². The van der Waals surface area contributed by atoms with Crippen molar-refractivity contribution in [3.63, 3.8) is 0 Å². The highest BCUT2D eigenvalue weighted by molar-refractivity contribution is 8.11. The SMILES string of the molecule is C[S+](C)c1cc(OS(=O)(=O)[N-]S(=O)(=O)C(F)(F)C(F)(F)C(F)(F)C(N)=O)c2ccccc2c1. The Morgan fingerprint density at radius 1 is 1.00 bits per heavy atom. The zero-order valence-electron chi connectivity index (χ0n) is 16.4. The van der Waals surface area contributed by atoms with E-state index in [-0.39, 0.29) is 5.39 Å². The molecule has 0 spiro atoms. The van der Waals surface area contributed by atoms with Gasteiger partial charge in [0.25, 0.3) is 5.91 Å². The normalized spacial score (nSPS) is 14.0. The molecule has 0 unspecified atom stereocenters. The van der Waals surface area contributed by atoms with Crippen molar-refractivity contribution < 1.29 is 52.2 Å². The summed E-state index contributed by atoms with van der Waals surface area (Å²) in [6, 6.07) is 8.57. The number of amides is 1. The standard InChI is InChI=1S/C16H14F6N2O6S3/c1-31(2)10-7-9-5-3-4-6-11(9)12(8-10)30-33(28,29)24-32(26,27)16(21,22)15(19,20)14(17,18)13(23)25/h3-8H,1-2H3,(H2,23,25). The molecule has 33 heavy (non-hydrogen) atoms. The largest absolute Gasteiger partial charge is 0.398 e. The van der Waals surface area contributed by atoms with Crippen LogP contribution < -0.4 is 9.92 Å². The van der Waals surface area contributed by atoms with Gasteiger partial charge in [-0.1, -0.05) is 24.3 Å². The van der Waals surface area contributed by atoms with Crippen LogP contribution in [0.1, 0.15) is 0 Å². The number of nitrogens with zero attached hydrogens (tertiary/aromatic N) is 1. The fraction of sp³-hybridized carbons (Fsp3) is 0.312. The minimum Gasteiger partial charge on any atom is -0.396 e. The monoisotopic (exact) mass is 540 g/mol. The first kappa shape index (κ1) is 27.0. The van der Waals surface area contributed by atoms with Gasteiger partial charge in [0.2, 0.25) is 10.3 Å². The lowest BCUT2D eigenvalue weighted by Gasteiger charge is -2.34. The van der Waals surface area contributed by atoms with Crippen LogP contribution in [0.25, 0.3) is 14.9 Å². The van der Waals surface area contributed by atoms with E-state index in [0.29, 0.717) is 10.3 Å². The van der Waals surface area contributed by atoms with Gasteiger partial charge in [0.15, 0.2) is 20.7 Å². The van der Waals surface area contributed by atoms with Crippen molar-refractivity contribution in [3.8, 4) is 5.75 Å². The van der Waals surface area contributed by atoms with Crippen LogP contribution in [0, 0.1) is 0 Å². The van der Waals surface area contributed by atoms with E-state index < -0.39 is 60.0 Å². The molecule has 0 aromatic heterocycles. The van der Waals surface area contributed by atoms with Gasteiger partial charge in [-0.25, -0.2) is 16.8 Å². The molecular weight excluding hydrogens is 526 g/mol. The third-order valence-electron chi connectivity index (χ3n) is 4.05. The maximum Gasteiger partial charge on any atom is 0.398 e. The molecule has 2 rings (SSSR count). The van der Waals surface area contributed by atoms with Crippen molar-refractivity contribution in [2.45, 2.75) is 22.0 Å². The fourth-order valence-corrected chi connectivity index (χ4v) is 5.33. The second kappa shape index (κ2) is 8.52.